The molecule has 1 aliphatic rings. The van der Waals surface area contributed by atoms with Crippen LogP contribution < -0.4 is 9.46 Å². The van der Waals surface area contributed by atoms with E-state index < -0.39 is 10.0 Å². The Balaban J connectivity index is 1.93. The van der Waals surface area contributed by atoms with E-state index in [1.54, 1.807) is 19.2 Å². The van der Waals surface area contributed by atoms with Crippen LogP contribution in [0.5, 0.6) is 5.75 Å². The van der Waals surface area contributed by atoms with Crippen molar-refractivity contribution in [2.75, 3.05) is 7.11 Å². The van der Waals surface area contributed by atoms with E-state index in [4.69, 9.17) is 4.74 Å². The summed E-state index contributed by atoms with van der Waals surface area (Å²) < 4.78 is 34.0. The van der Waals surface area contributed by atoms with Gasteiger partial charge in [0.1, 0.15) is 5.75 Å². The smallest absolute Gasteiger partial charge is 0.241 e. The monoisotopic (exact) mass is 345 g/mol. The van der Waals surface area contributed by atoms with Crippen LogP contribution in [-0.2, 0) is 10.0 Å². The largest absolute Gasteiger partial charge is 0.496 e. The summed E-state index contributed by atoms with van der Waals surface area (Å²) in [6, 6.07) is 13.0. The van der Waals surface area contributed by atoms with Crippen LogP contribution in [0, 0.1) is 19.8 Å². The van der Waals surface area contributed by atoms with Gasteiger partial charge in [-0.3, -0.25) is 0 Å². The Kier molecular flexibility index (Phi) is 4.65. The third-order valence-electron chi connectivity index (χ3n) is 4.48. The second-order valence-electron chi connectivity index (χ2n) is 6.44. The molecule has 0 bridgehead atoms. The summed E-state index contributed by atoms with van der Waals surface area (Å²) in [5, 5.41) is 0. The third kappa shape index (κ3) is 3.47. The summed E-state index contributed by atoms with van der Waals surface area (Å²) in [7, 11) is -1.99. The molecule has 1 unspecified atom stereocenters. The summed E-state index contributed by atoms with van der Waals surface area (Å²) in [6.07, 6.45) is 2.12. The van der Waals surface area contributed by atoms with Gasteiger partial charge in [0.05, 0.1) is 12.0 Å². The lowest BCUT2D eigenvalue weighted by Gasteiger charge is -2.20. The van der Waals surface area contributed by atoms with E-state index in [2.05, 4.69) is 4.72 Å². The Hall–Kier alpha value is -1.85. The van der Waals surface area contributed by atoms with E-state index in [1.807, 2.05) is 44.2 Å². The number of nitrogens with one attached hydrogen (secondary N) is 1. The lowest BCUT2D eigenvalue weighted by Crippen LogP contribution is -2.30. The highest BCUT2D eigenvalue weighted by atomic mass is 32.2. The number of hydrogen-bond acceptors (Lipinski definition) is 3. The van der Waals surface area contributed by atoms with Gasteiger partial charge in [-0.15, -0.1) is 0 Å². The average Bonchev–Trinajstić information content (AvgIpc) is 3.38. The molecule has 1 aliphatic carbocycles. The van der Waals surface area contributed by atoms with Crippen molar-refractivity contribution in [1.29, 1.82) is 0 Å². The molecular weight excluding hydrogens is 322 g/mol. The Labute approximate surface area is 143 Å². The molecule has 3 rings (SSSR count). The number of ether oxygens (including phenoxy) is 1. The summed E-state index contributed by atoms with van der Waals surface area (Å²) >= 11 is 0. The van der Waals surface area contributed by atoms with Crippen LogP contribution >= 0.6 is 0 Å². The van der Waals surface area contributed by atoms with Crippen LogP contribution in [0.2, 0.25) is 0 Å². The van der Waals surface area contributed by atoms with Crippen LogP contribution in [0.1, 0.15) is 35.6 Å². The maximum atomic E-state index is 12.9. The van der Waals surface area contributed by atoms with Gasteiger partial charge >= 0.3 is 0 Å². The normalized spacial score (nSPS) is 16.0. The minimum atomic E-state index is -3.59. The molecule has 5 heteroatoms. The molecule has 4 nitrogen and oxygen atoms in total. The van der Waals surface area contributed by atoms with Crippen LogP contribution in [0.4, 0.5) is 0 Å². The van der Waals surface area contributed by atoms with Crippen LogP contribution in [0.25, 0.3) is 0 Å². The van der Waals surface area contributed by atoms with Crippen molar-refractivity contribution in [3.8, 4) is 5.75 Å². The predicted octanol–water partition coefficient (Wildman–Crippen LogP) is 3.74. The zero-order valence-electron chi connectivity index (χ0n) is 14.2. The lowest BCUT2D eigenvalue weighted by atomic mass is 10.0. The van der Waals surface area contributed by atoms with E-state index in [0.29, 0.717) is 10.8 Å². The molecule has 0 heterocycles. The van der Waals surface area contributed by atoms with Crippen LogP contribution in [0.3, 0.4) is 0 Å². The molecule has 1 atom stereocenters. The SMILES string of the molecule is COc1c(C)cc(S(=O)(=O)NC(c2ccccc2)C2CC2)cc1C. The second kappa shape index (κ2) is 6.57. The molecule has 0 spiro atoms. The molecule has 0 saturated heterocycles. The molecule has 0 aliphatic heterocycles. The van der Waals surface area contributed by atoms with E-state index in [-0.39, 0.29) is 6.04 Å². The molecular formula is C19H23NO3S. The Morgan fingerprint density at radius 2 is 1.67 bits per heavy atom. The van der Waals surface area contributed by atoms with Crippen molar-refractivity contribution in [2.45, 2.75) is 37.6 Å². The quantitative estimate of drug-likeness (QED) is 0.868. The second-order valence-corrected chi connectivity index (χ2v) is 8.15. The zero-order chi connectivity index (χ0) is 17.3. The molecule has 128 valence electrons. The van der Waals surface area contributed by atoms with Gasteiger partial charge in [0.2, 0.25) is 10.0 Å². The number of aryl methyl sites for hydroxylation is 2. The van der Waals surface area contributed by atoms with Gasteiger partial charge < -0.3 is 4.74 Å². The minimum Gasteiger partial charge on any atom is -0.496 e. The number of hydrogen-bond donors (Lipinski definition) is 1. The first-order chi connectivity index (χ1) is 11.4. The molecule has 1 saturated carbocycles. The fraction of sp³-hybridized carbons (Fsp3) is 0.368. The molecule has 2 aromatic rings. The van der Waals surface area contributed by atoms with E-state index in [9.17, 15) is 8.42 Å². The van der Waals surface area contributed by atoms with Crippen LogP contribution in [0.15, 0.2) is 47.4 Å². The summed E-state index contributed by atoms with van der Waals surface area (Å²) in [4.78, 5) is 0.292. The third-order valence-corrected chi connectivity index (χ3v) is 5.90. The van der Waals surface area contributed by atoms with Crippen molar-refractivity contribution in [3.63, 3.8) is 0 Å². The van der Waals surface area contributed by atoms with Gasteiger partial charge in [-0.2, -0.15) is 0 Å². The summed E-state index contributed by atoms with van der Waals surface area (Å²) in [6.45, 7) is 3.72. The van der Waals surface area contributed by atoms with Crippen LogP contribution in [-0.4, -0.2) is 15.5 Å². The molecule has 2 aromatic carbocycles. The first-order valence-corrected chi connectivity index (χ1v) is 9.63. The predicted molar refractivity (Wildman–Crippen MR) is 94.7 cm³/mol. The maximum Gasteiger partial charge on any atom is 0.241 e. The van der Waals surface area contributed by atoms with Crippen molar-refractivity contribution in [1.82, 2.24) is 4.72 Å². The fourth-order valence-electron chi connectivity index (χ4n) is 3.15. The fourth-order valence-corrected chi connectivity index (χ4v) is 4.61. The van der Waals surface area contributed by atoms with E-state index in [0.717, 1.165) is 35.3 Å². The molecule has 1 N–H and O–H groups in total. The Morgan fingerprint density at radius 1 is 1.08 bits per heavy atom. The molecule has 0 amide bonds. The molecule has 24 heavy (non-hydrogen) atoms. The minimum absolute atomic E-state index is 0.168. The number of sulfonamides is 1. The Bertz CT molecular complexity index is 804. The highest BCUT2D eigenvalue weighted by Gasteiger charge is 2.35. The van der Waals surface area contributed by atoms with Crippen molar-refractivity contribution >= 4 is 10.0 Å². The van der Waals surface area contributed by atoms with Gasteiger partial charge in [-0.1, -0.05) is 30.3 Å². The number of rotatable bonds is 6. The first kappa shape index (κ1) is 17.0. The molecule has 0 aromatic heterocycles. The van der Waals surface area contributed by atoms with Gasteiger partial charge in [0.25, 0.3) is 0 Å². The average molecular weight is 345 g/mol. The highest BCUT2D eigenvalue weighted by Crippen LogP contribution is 2.41. The van der Waals surface area contributed by atoms with Crippen molar-refractivity contribution in [2.24, 2.45) is 5.92 Å². The number of benzene rings is 2. The maximum absolute atomic E-state index is 12.9. The van der Waals surface area contributed by atoms with Gasteiger partial charge in [0, 0.05) is 6.04 Å². The first-order valence-electron chi connectivity index (χ1n) is 8.15. The topological polar surface area (TPSA) is 55.4 Å². The molecule has 1 fully saturated rings. The summed E-state index contributed by atoms with van der Waals surface area (Å²) in [5.41, 5.74) is 2.66. The van der Waals surface area contributed by atoms with Crippen molar-refractivity contribution in [3.05, 3.63) is 59.2 Å². The Morgan fingerprint density at radius 3 is 2.17 bits per heavy atom. The standard InChI is InChI=1S/C19H23NO3S/c1-13-11-17(12-14(2)19(13)23-3)24(21,22)20-18(16-9-10-16)15-7-5-4-6-8-15/h4-8,11-12,16,18,20H,9-10H2,1-3H3. The van der Waals surface area contributed by atoms with Gasteiger partial charge in [-0.05, 0) is 61.4 Å². The van der Waals surface area contributed by atoms with Gasteiger partial charge in [-0.25, -0.2) is 13.1 Å². The zero-order valence-corrected chi connectivity index (χ0v) is 15.1. The summed E-state index contributed by atoms with van der Waals surface area (Å²) in [5.74, 6) is 1.11. The highest BCUT2D eigenvalue weighted by molar-refractivity contribution is 7.89. The van der Waals surface area contributed by atoms with E-state index in [1.165, 1.54) is 0 Å². The van der Waals surface area contributed by atoms with E-state index >= 15 is 0 Å². The molecule has 0 radical (unpaired) electrons. The van der Waals surface area contributed by atoms with Gasteiger partial charge in [0.15, 0.2) is 0 Å². The number of methoxy groups -OCH3 is 1. The lowest BCUT2D eigenvalue weighted by molar-refractivity contribution is 0.408. The van der Waals surface area contributed by atoms with Crippen molar-refractivity contribution < 1.29 is 13.2 Å².